The summed E-state index contributed by atoms with van der Waals surface area (Å²) in [5, 5.41) is 16.9. The van der Waals surface area contributed by atoms with Gasteiger partial charge in [-0.25, -0.2) is 9.67 Å². The van der Waals surface area contributed by atoms with Crippen LogP contribution in [0.4, 0.5) is 0 Å². The van der Waals surface area contributed by atoms with Crippen LogP contribution in [0.5, 0.6) is 5.88 Å². The van der Waals surface area contributed by atoms with E-state index in [1.165, 1.54) is 0 Å². The van der Waals surface area contributed by atoms with Gasteiger partial charge in [-0.2, -0.15) is 0 Å². The highest BCUT2D eigenvalue weighted by Gasteiger charge is 2.42. The van der Waals surface area contributed by atoms with Gasteiger partial charge in [0.05, 0.1) is 23.7 Å². The van der Waals surface area contributed by atoms with Gasteiger partial charge in [-0.1, -0.05) is 103 Å². The monoisotopic (exact) mass is 483 g/mol. The summed E-state index contributed by atoms with van der Waals surface area (Å²) < 4.78 is 7.71. The molecular weight excluding hydrogens is 458 g/mol. The van der Waals surface area contributed by atoms with Gasteiger partial charge >= 0.3 is 0 Å². The van der Waals surface area contributed by atoms with Crippen LogP contribution < -0.4 is 4.74 Å². The Hall–Kier alpha value is -3.67. The van der Waals surface area contributed by atoms with E-state index in [-0.39, 0.29) is 5.15 Å². The van der Waals surface area contributed by atoms with E-state index in [2.05, 4.69) is 41.4 Å². The predicted molar refractivity (Wildman–Crippen MR) is 139 cm³/mol. The van der Waals surface area contributed by atoms with E-state index in [9.17, 15) is 5.11 Å². The molecule has 5 aromatic rings. The number of ether oxygens (including phenoxy) is 1. The SMILES string of the molecule is COc1nn(C(c2ccccc2)(c2ccccc2)c2ccccc2)c2cc(Cl)nc(C(C)(C)O)c12. The molecule has 5 nitrogen and oxygen atoms in total. The summed E-state index contributed by atoms with van der Waals surface area (Å²) in [6.07, 6.45) is 0. The fraction of sp³-hybridized carbons (Fsp3) is 0.172. The third kappa shape index (κ3) is 3.77. The zero-order chi connectivity index (χ0) is 24.6. The van der Waals surface area contributed by atoms with Crippen molar-refractivity contribution in [3.8, 4) is 5.88 Å². The lowest BCUT2D eigenvalue weighted by Crippen LogP contribution is -2.38. The highest BCUT2D eigenvalue weighted by atomic mass is 35.5. The Balaban J connectivity index is 2.02. The van der Waals surface area contributed by atoms with Crippen LogP contribution in [0.3, 0.4) is 0 Å². The van der Waals surface area contributed by atoms with E-state index < -0.39 is 11.1 Å². The minimum absolute atomic E-state index is 0.265. The van der Waals surface area contributed by atoms with E-state index in [0.717, 1.165) is 16.7 Å². The molecular formula is C29H26ClN3O2. The Bertz CT molecular complexity index is 1360. The van der Waals surface area contributed by atoms with Crippen molar-refractivity contribution >= 4 is 22.5 Å². The van der Waals surface area contributed by atoms with E-state index >= 15 is 0 Å². The third-order valence-corrected chi connectivity index (χ3v) is 6.46. The summed E-state index contributed by atoms with van der Waals surface area (Å²) in [6.45, 7) is 3.36. The Morgan fingerprint density at radius 3 is 1.66 bits per heavy atom. The maximum absolute atomic E-state index is 11.0. The zero-order valence-corrected chi connectivity index (χ0v) is 20.6. The Labute approximate surface area is 209 Å². The number of methoxy groups -OCH3 is 1. The molecule has 0 saturated heterocycles. The first-order chi connectivity index (χ1) is 16.9. The molecule has 6 heteroatoms. The maximum atomic E-state index is 11.0. The molecule has 0 aliphatic carbocycles. The first-order valence-electron chi connectivity index (χ1n) is 11.4. The van der Waals surface area contributed by atoms with Crippen LogP contribution in [0, 0.1) is 0 Å². The lowest BCUT2D eigenvalue weighted by Gasteiger charge is -2.37. The number of benzene rings is 3. The summed E-state index contributed by atoms with van der Waals surface area (Å²) in [5.41, 5.74) is 2.04. The lowest BCUT2D eigenvalue weighted by atomic mass is 9.77. The number of rotatable bonds is 6. The lowest BCUT2D eigenvalue weighted by molar-refractivity contribution is 0.0754. The molecule has 0 saturated carbocycles. The largest absolute Gasteiger partial charge is 0.479 e. The topological polar surface area (TPSA) is 60.2 Å². The number of nitrogens with zero attached hydrogens (tertiary/aromatic N) is 3. The summed E-state index contributed by atoms with van der Waals surface area (Å²) >= 11 is 6.54. The van der Waals surface area contributed by atoms with Gasteiger partial charge in [-0.3, -0.25) is 0 Å². The van der Waals surface area contributed by atoms with E-state index in [4.69, 9.17) is 21.4 Å². The summed E-state index contributed by atoms with van der Waals surface area (Å²) in [5.74, 6) is 0.369. The molecule has 0 radical (unpaired) electrons. The molecule has 1 N–H and O–H groups in total. The third-order valence-electron chi connectivity index (χ3n) is 6.27. The normalized spacial score (nSPS) is 12.1. The van der Waals surface area contributed by atoms with Crippen LogP contribution in [0.25, 0.3) is 10.9 Å². The molecule has 0 spiro atoms. The quantitative estimate of drug-likeness (QED) is 0.232. The second kappa shape index (κ2) is 8.84. The average molecular weight is 484 g/mol. The standard InChI is InChI=1S/C29H26ClN3O2/c1-28(2,34)26-25-23(19-24(30)31-26)33(32-27(25)35-3)29(20-13-7-4-8-14-20,21-15-9-5-10-16-21)22-17-11-6-12-18-22/h4-19,34H,1-3H3. The molecule has 35 heavy (non-hydrogen) atoms. The molecule has 176 valence electrons. The van der Waals surface area contributed by atoms with Gasteiger partial charge in [-0.15, -0.1) is 5.10 Å². The van der Waals surface area contributed by atoms with Gasteiger partial charge in [-0.05, 0) is 30.5 Å². The van der Waals surface area contributed by atoms with Gasteiger partial charge < -0.3 is 9.84 Å². The number of pyridine rings is 1. The average Bonchev–Trinajstić information content (AvgIpc) is 3.24. The maximum Gasteiger partial charge on any atom is 0.242 e. The highest BCUT2D eigenvalue weighted by Crippen LogP contribution is 2.45. The first kappa shape index (κ1) is 23.1. The van der Waals surface area contributed by atoms with E-state index in [1.807, 2.05) is 59.3 Å². The number of aliphatic hydroxyl groups is 1. The number of fused-ring (bicyclic) bond motifs is 1. The van der Waals surface area contributed by atoms with Crippen molar-refractivity contribution in [2.45, 2.75) is 25.0 Å². The Kier molecular flexibility index (Phi) is 5.83. The van der Waals surface area contributed by atoms with Gasteiger partial charge in [0.2, 0.25) is 5.88 Å². The van der Waals surface area contributed by atoms with Gasteiger partial charge in [0.15, 0.2) is 0 Å². The molecule has 0 aliphatic rings. The Morgan fingerprint density at radius 2 is 1.26 bits per heavy atom. The number of hydrogen-bond donors (Lipinski definition) is 1. The fourth-order valence-corrected chi connectivity index (χ4v) is 5.01. The van der Waals surface area contributed by atoms with Crippen LogP contribution in [-0.2, 0) is 11.1 Å². The van der Waals surface area contributed by atoms with Crippen LogP contribution in [0.15, 0.2) is 97.1 Å². The molecule has 0 amide bonds. The second-order valence-corrected chi connectivity index (χ2v) is 9.36. The molecule has 5 rings (SSSR count). The van der Waals surface area contributed by atoms with Crippen molar-refractivity contribution < 1.29 is 9.84 Å². The van der Waals surface area contributed by atoms with E-state index in [0.29, 0.717) is 22.5 Å². The number of halogens is 1. The van der Waals surface area contributed by atoms with Crippen LogP contribution >= 0.6 is 11.6 Å². The first-order valence-corrected chi connectivity index (χ1v) is 11.8. The Morgan fingerprint density at radius 1 is 0.800 bits per heavy atom. The minimum atomic E-state index is -1.26. The highest BCUT2D eigenvalue weighted by molar-refractivity contribution is 6.30. The van der Waals surface area contributed by atoms with Gasteiger partial charge in [0.1, 0.15) is 16.3 Å². The van der Waals surface area contributed by atoms with Gasteiger partial charge in [0.25, 0.3) is 0 Å². The smallest absolute Gasteiger partial charge is 0.242 e. The summed E-state index contributed by atoms with van der Waals surface area (Å²) in [7, 11) is 1.57. The molecule has 0 aliphatic heterocycles. The zero-order valence-electron chi connectivity index (χ0n) is 19.8. The van der Waals surface area contributed by atoms with Crippen molar-refractivity contribution in [2.75, 3.05) is 7.11 Å². The van der Waals surface area contributed by atoms with Crippen LogP contribution in [0.1, 0.15) is 36.2 Å². The van der Waals surface area contributed by atoms with Gasteiger partial charge in [0, 0.05) is 6.07 Å². The van der Waals surface area contributed by atoms with Crippen LogP contribution in [-0.4, -0.2) is 27.0 Å². The summed E-state index contributed by atoms with van der Waals surface area (Å²) in [6, 6.07) is 32.5. The van der Waals surface area contributed by atoms with Crippen molar-refractivity contribution in [2.24, 2.45) is 0 Å². The van der Waals surface area contributed by atoms with E-state index in [1.54, 1.807) is 27.0 Å². The second-order valence-electron chi connectivity index (χ2n) is 8.98. The number of aromatic nitrogens is 3. The van der Waals surface area contributed by atoms with Crippen molar-refractivity contribution in [1.29, 1.82) is 0 Å². The van der Waals surface area contributed by atoms with Crippen molar-refractivity contribution in [1.82, 2.24) is 14.8 Å². The predicted octanol–water partition coefficient (Wildman–Crippen LogP) is 6.16. The summed E-state index contributed by atoms with van der Waals surface area (Å²) in [4.78, 5) is 4.48. The minimum Gasteiger partial charge on any atom is -0.479 e. The van der Waals surface area contributed by atoms with Crippen molar-refractivity contribution in [3.63, 3.8) is 0 Å². The molecule has 0 bridgehead atoms. The molecule has 0 atom stereocenters. The van der Waals surface area contributed by atoms with Crippen molar-refractivity contribution in [3.05, 3.63) is 125 Å². The molecule has 0 unspecified atom stereocenters. The van der Waals surface area contributed by atoms with Crippen LogP contribution in [0.2, 0.25) is 5.15 Å². The molecule has 2 heterocycles. The fourth-order valence-electron chi connectivity index (χ4n) is 4.82. The molecule has 0 fully saturated rings. The number of hydrogen-bond acceptors (Lipinski definition) is 4. The molecule has 3 aromatic carbocycles. The molecule has 2 aromatic heterocycles.